The molecule has 0 aromatic heterocycles. The molecule has 0 atom stereocenters. The van der Waals surface area contributed by atoms with Crippen LogP contribution in [0.3, 0.4) is 0 Å². The van der Waals surface area contributed by atoms with Gasteiger partial charge in [-0.05, 0) is 63.2 Å². The lowest BCUT2D eigenvalue weighted by Crippen LogP contribution is -2.40. The minimum absolute atomic E-state index is 0.0940. The molecule has 2 rings (SSSR count). The van der Waals surface area contributed by atoms with E-state index in [4.69, 9.17) is 16.3 Å². The molecule has 2 aromatic carbocycles. The summed E-state index contributed by atoms with van der Waals surface area (Å²) in [7, 11) is -2.14. The number of carbonyl (C=O) groups excluding carboxylic acids is 1. The molecular formula is C18H21ClN2O4S. The Morgan fingerprint density at radius 2 is 1.69 bits per heavy atom. The highest BCUT2D eigenvalue weighted by Gasteiger charge is 2.22. The molecule has 0 bridgehead atoms. The molecule has 0 unspecified atom stereocenters. The van der Waals surface area contributed by atoms with E-state index in [0.717, 1.165) is 0 Å². The number of nitrogens with one attached hydrogen (secondary N) is 2. The predicted octanol–water partition coefficient (Wildman–Crippen LogP) is 3.68. The van der Waals surface area contributed by atoms with Crippen molar-refractivity contribution < 1.29 is 17.9 Å². The van der Waals surface area contributed by atoms with Crippen molar-refractivity contribution in [2.45, 2.75) is 31.2 Å². The van der Waals surface area contributed by atoms with Gasteiger partial charge in [0.25, 0.3) is 5.91 Å². The van der Waals surface area contributed by atoms with Crippen molar-refractivity contribution >= 4 is 33.2 Å². The Bertz CT molecular complexity index is 904. The number of rotatable bonds is 5. The summed E-state index contributed by atoms with van der Waals surface area (Å²) in [6.07, 6.45) is 0. The van der Waals surface area contributed by atoms with Gasteiger partial charge in [0.15, 0.2) is 0 Å². The van der Waals surface area contributed by atoms with Crippen molar-refractivity contribution in [2.24, 2.45) is 0 Å². The third-order valence-corrected chi connectivity index (χ3v) is 5.35. The van der Waals surface area contributed by atoms with Gasteiger partial charge < -0.3 is 10.1 Å². The molecule has 0 aliphatic carbocycles. The van der Waals surface area contributed by atoms with Crippen LogP contribution in [0.4, 0.5) is 5.69 Å². The van der Waals surface area contributed by atoms with Gasteiger partial charge in [-0.25, -0.2) is 13.1 Å². The number of carbonyl (C=O) groups is 1. The zero-order chi connectivity index (χ0) is 19.5. The van der Waals surface area contributed by atoms with E-state index in [9.17, 15) is 13.2 Å². The largest absolute Gasteiger partial charge is 0.495 e. The standard InChI is InChI=1S/C18H21ClN2O4S/c1-18(2,3)21-26(23,24)14-8-5-12(6-9-14)17(22)20-13-7-10-16(25-4)15(19)11-13/h5-11,21H,1-4H3,(H,20,22). The smallest absolute Gasteiger partial charge is 0.255 e. The molecule has 0 spiro atoms. The zero-order valence-electron chi connectivity index (χ0n) is 15.0. The molecule has 26 heavy (non-hydrogen) atoms. The van der Waals surface area contributed by atoms with E-state index in [1.165, 1.54) is 31.4 Å². The Morgan fingerprint density at radius 1 is 1.08 bits per heavy atom. The number of anilines is 1. The summed E-state index contributed by atoms with van der Waals surface area (Å²) in [6, 6.07) is 10.6. The molecule has 0 saturated carbocycles. The number of sulfonamides is 1. The monoisotopic (exact) mass is 396 g/mol. The van der Waals surface area contributed by atoms with Crippen molar-refractivity contribution in [3.63, 3.8) is 0 Å². The van der Waals surface area contributed by atoms with E-state index in [-0.39, 0.29) is 10.8 Å². The first-order chi connectivity index (χ1) is 12.0. The molecule has 0 saturated heterocycles. The summed E-state index contributed by atoms with van der Waals surface area (Å²) in [4.78, 5) is 12.4. The van der Waals surface area contributed by atoms with E-state index in [1.54, 1.807) is 39.0 Å². The molecule has 0 fully saturated rings. The van der Waals surface area contributed by atoms with E-state index in [2.05, 4.69) is 10.0 Å². The van der Waals surface area contributed by atoms with Crippen LogP contribution in [-0.2, 0) is 10.0 Å². The van der Waals surface area contributed by atoms with Crippen LogP contribution in [0.15, 0.2) is 47.4 Å². The molecule has 6 nitrogen and oxygen atoms in total. The van der Waals surface area contributed by atoms with Gasteiger partial charge in [-0.2, -0.15) is 0 Å². The van der Waals surface area contributed by atoms with E-state index >= 15 is 0 Å². The first kappa shape index (κ1) is 20.2. The maximum atomic E-state index is 12.3. The second kappa shape index (κ2) is 7.65. The Kier molecular flexibility index (Phi) is 5.95. The molecule has 0 aliphatic heterocycles. The molecular weight excluding hydrogens is 376 g/mol. The van der Waals surface area contributed by atoms with Crippen molar-refractivity contribution in [1.29, 1.82) is 0 Å². The highest BCUT2D eigenvalue weighted by atomic mass is 35.5. The van der Waals surface area contributed by atoms with Gasteiger partial charge >= 0.3 is 0 Å². The van der Waals surface area contributed by atoms with Crippen molar-refractivity contribution in [2.75, 3.05) is 12.4 Å². The highest BCUT2D eigenvalue weighted by Crippen LogP contribution is 2.27. The molecule has 2 N–H and O–H groups in total. The normalized spacial score (nSPS) is 11.9. The topological polar surface area (TPSA) is 84.5 Å². The zero-order valence-corrected chi connectivity index (χ0v) is 16.5. The van der Waals surface area contributed by atoms with Gasteiger partial charge in [-0.3, -0.25) is 4.79 Å². The number of hydrogen-bond acceptors (Lipinski definition) is 4. The number of halogens is 1. The lowest BCUT2D eigenvalue weighted by atomic mass is 10.1. The van der Waals surface area contributed by atoms with Crippen LogP contribution >= 0.6 is 11.6 Å². The molecule has 0 radical (unpaired) electrons. The molecule has 0 aliphatic rings. The average Bonchev–Trinajstić information content (AvgIpc) is 2.53. The molecule has 2 aromatic rings. The maximum Gasteiger partial charge on any atom is 0.255 e. The summed E-state index contributed by atoms with van der Waals surface area (Å²) >= 11 is 6.03. The Labute approximate surface area is 158 Å². The maximum absolute atomic E-state index is 12.3. The number of benzene rings is 2. The minimum Gasteiger partial charge on any atom is -0.495 e. The quantitative estimate of drug-likeness (QED) is 0.807. The van der Waals surface area contributed by atoms with Gasteiger partial charge in [0.05, 0.1) is 17.0 Å². The summed E-state index contributed by atoms with van der Waals surface area (Å²) in [5.74, 6) is 0.129. The van der Waals surface area contributed by atoms with Crippen LogP contribution < -0.4 is 14.8 Å². The van der Waals surface area contributed by atoms with Gasteiger partial charge in [0.1, 0.15) is 5.75 Å². The number of hydrogen-bond donors (Lipinski definition) is 2. The first-order valence-corrected chi connectivity index (χ1v) is 9.67. The van der Waals surface area contributed by atoms with E-state index < -0.39 is 15.6 Å². The Balaban J connectivity index is 2.15. The van der Waals surface area contributed by atoms with Crippen LogP contribution in [-0.4, -0.2) is 27.0 Å². The second-order valence-electron chi connectivity index (χ2n) is 6.68. The SMILES string of the molecule is COc1ccc(NC(=O)c2ccc(S(=O)(=O)NC(C)(C)C)cc2)cc1Cl. The van der Waals surface area contributed by atoms with Gasteiger partial charge in [-0.15, -0.1) is 0 Å². The highest BCUT2D eigenvalue weighted by molar-refractivity contribution is 7.89. The first-order valence-electron chi connectivity index (χ1n) is 7.81. The van der Waals surface area contributed by atoms with Gasteiger partial charge in [0, 0.05) is 16.8 Å². The van der Waals surface area contributed by atoms with Crippen molar-refractivity contribution in [1.82, 2.24) is 4.72 Å². The van der Waals surface area contributed by atoms with E-state index in [1.807, 2.05) is 0 Å². The number of amides is 1. The number of methoxy groups -OCH3 is 1. The fraction of sp³-hybridized carbons (Fsp3) is 0.278. The minimum atomic E-state index is -3.65. The molecule has 140 valence electrons. The summed E-state index contributed by atoms with van der Waals surface area (Å²) in [6.45, 7) is 5.27. The van der Waals surface area contributed by atoms with Gasteiger partial charge in [0.2, 0.25) is 10.0 Å². The summed E-state index contributed by atoms with van der Waals surface area (Å²) < 4.78 is 32.2. The fourth-order valence-electron chi connectivity index (χ4n) is 2.19. The van der Waals surface area contributed by atoms with Crippen LogP contribution in [0.1, 0.15) is 31.1 Å². The van der Waals surface area contributed by atoms with Crippen LogP contribution in [0.5, 0.6) is 5.75 Å². The fourth-order valence-corrected chi connectivity index (χ4v) is 3.87. The van der Waals surface area contributed by atoms with Crippen LogP contribution in [0.2, 0.25) is 5.02 Å². The number of ether oxygens (including phenoxy) is 1. The average molecular weight is 397 g/mol. The predicted molar refractivity (Wildman–Crippen MR) is 102 cm³/mol. The molecule has 1 amide bonds. The summed E-state index contributed by atoms with van der Waals surface area (Å²) in [5, 5.41) is 3.08. The summed E-state index contributed by atoms with van der Waals surface area (Å²) in [5.41, 5.74) is 0.237. The van der Waals surface area contributed by atoms with Crippen LogP contribution in [0.25, 0.3) is 0 Å². The second-order valence-corrected chi connectivity index (χ2v) is 8.77. The van der Waals surface area contributed by atoms with Crippen molar-refractivity contribution in [3.05, 3.63) is 53.1 Å². The van der Waals surface area contributed by atoms with Crippen molar-refractivity contribution in [3.8, 4) is 5.75 Å². The van der Waals surface area contributed by atoms with Crippen LogP contribution in [0, 0.1) is 0 Å². The molecule has 8 heteroatoms. The van der Waals surface area contributed by atoms with E-state index in [0.29, 0.717) is 22.0 Å². The lowest BCUT2D eigenvalue weighted by Gasteiger charge is -2.20. The van der Waals surface area contributed by atoms with Gasteiger partial charge in [-0.1, -0.05) is 11.6 Å². The Morgan fingerprint density at radius 3 is 2.19 bits per heavy atom. The third-order valence-electron chi connectivity index (χ3n) is 3.28. The Hall–Kier alpha value is -2.09. The third kappa shape index (κ3) is 5.20. The molecule has 0 heterocycles. The lowest BCUT2D eigenvalue weighted by molar-refractivity contribution is 0.102.